The average molecular weight is 326 g/mol. The zero-order chi connectivity index (χ0) is 13.8. The van der Waals surface area contributed by atoms with E-state index in [-0.39, 0.29) is 24.9 Å². The Morgan fingerprint density at radius 2 is 1.89 bits per heavy atom. The summed E-state index contributed by atoms with van der Waals surface area (Å²) in [7, 11) is 0. The number of halogens is 1. The molecule has 0 N–H and O–H groups in total. The second-order valence-electron chi connectivity index (χ2n) is 4.53. The van der Waals surface area contributed by atoms with Gasteiger partial charge in [0.2, 0.25) is 11.8 Å². The third kappa shape index (κ3) is 3.53. The first-order valence-corrected chi connectivity index (χ1v) is 7.05. The molecule has 0 aliphatic carbocycles. The van der Waals surface area contributed by atoms with Crippen LogP contribution in [0.1, 0.15) is 19.0 Å². The van der Waals surface area contributed by atoms with E-state index in [2.05, 4.69) is 20.9 Å². The van der Waals surface area contributed by atoms with Crippen molar-refractivity contribution in [3.8, 4) is 0 Å². The number of nitrogens with zero attached hydrogens (tertiary/aromatic N) is 3. The lowest BCUT2D eigenvalue weighted by Gasteiger charge is -2.33. The Labute approximate surface area is 120 Å². The van der Waals surface area contributed by atoms with Gasteiger partial charge in [0, 0.05) is 17.2 Å². The Bertz CT molecular complexity index is 475. The van der Waals surface area contributed by atoms with Crippen LogP contribution < -0.4 is 0 Å². The molecule has 0 radical (unpaired) electrons. The fourth-order valence-corrected chi connectivity index (χ4v) is 2.25. The second-order valence-corrected chi connectivity index (χ2v) is 5.45. The summed E-state index contributed by atoms with van der Waals surface area (Å²) in [5, 5.41) is 0. The fraction of sp³-hybridized carbons (Fsp3) is 0.462. The zero-order valence-electron chi connectivity index (χ0n) is 10.8. The molecule has 0 unspecified atom stereocenters. The molecule has 6 heteroatoms. The number of piperazine rings is 1. The number of pyridine rings is 1. The highest BCUT2D eigenvalue weighted by Crippen LogP contribution is 2.12. The summed E-state index contributed by atoms with van der Waals surface area (Å²) in [6.07, 6.45) is 2.56. The lowest BCUT2D eigenvalue weighted by Crippen LogP contribution is -2.53. The smallest absolute Gasteiger partial charge is 0.243 e. The lowest BCUT2D eigenvalue weighted by atomic mass is 10.2. The third-order valence-electron chi connectivity index (χ3n) is 2.99. The summed E-state index contributed by atoms with van der Waals surface area (Å²) < 4.78 is 0.895. The summed E-state index contributed by atoms with van der Waals surface area (Å²) in [6, 6.07) is 3.72. The van der Waals surface area contributed by atoms with E-state index in [1.165, 1.54) is 0 Å². The first-order valence-electron chi connectivity index (χ1n) is 6.26. The normalized spacial score (nSPS) is 16.1. The van der Waals surface area contributed by atoms with Gasteiger partial charge in [0.25, 0.3) is 0 Å². The van der Waals surface area contributed by atoms with Crippen LogP contribution in [0.3, 0.4) is 0 Å². The van der Waals surface area contributed by atoms with Crippen molar-refractivity contribution in [2.75, 3.05) is 19.6 Å². The van der Waals surface area contributed by atoms with Crippen LogP contribution in [0.5, 0.6) is 0 Å². The van der Waals surface area contributed by atoms with Gasteiger partial charge < -0.3 is 9.80 Å². The Balaban J connectivity index is 2.00. The molecule has 0 bridgehead atoms. The molecule has 1 fully saturated rings. The Morgan fingerprint density at radius 1 is 1.21 bits per heavy atom. The molecule has 2 rings (SSSR count). The van der Waals surface area contributed by atoms with Gasteiger partial charge in [-0.25, -0.2) is 0 Å². The van der Waals surface area contributed by atoms with E-state index < -0.39 is 0 Å². The number of amides is 2. The Morgan fingerprint density at radius 3 is 2.53 bits per heavy atom. The van der Waals surface area contributed by atoms with E-state index in [1.54, 1.807) is 16.0 Å². The number of aromatic nitrogens is 1. The molecule has 0 saturated carbocycles. The van der Waals surface area contributed by atoms with Gasteiger partial charge in [-0.15, -0.1) is 0 Å². The molecule has 2 heterocycles. The van der Waals surface area contributed by atoms with E-state index >= 15 is 0 Å². The van der Waals surface area contributed by atoms with Crippen molar-refractivity contribution in [2.45, 2.75) is 19.9 Å². The van der Waals surface area contributed by atoms with Gasteiger partial charge in [-0.2, -0.15) is 0 Å². The van der Waals surface area contributed by atoms with Gasteiger partial charge >= 0.3 is 0 Å². The van der Waals surface area contributed by atoms with Crippen molar-refractivity contribution >= 4 is 27.7 Å². The summed E-state index contributed by atoms with van der Waals surface area (Å²) in [5.41, 5.74) is 0.785. The van der Waals surface area contributed by atoms with Crippen molar-refractivity contribution in [2.24, 2.45) is 0 Å². The molecule has 0 atom stereocenters. The standard InChI is InChI=1S/C13H16BrN3O2/c1-2-5-16-8-13(19)17(9-12(16)18)7-11-4-3-10(14)6-15-11/h3-4,6H,2,5,7-9H2,1H3. The highest BCUT2D eigenvalue weighted by Gasteiger charge is 2.29. The van der Waals surface area contributed by atoms with Crippen LogP contribution in [0.2, 0.25) is 0 Å². The molecule has 102 valence electrons. The number of carbonyl (C=O) groups excluding carboxylic acids is 2. The second kappa shape index (κ2) is 6.14. The van der Waals surface area contributed by atoms with Gasteiger partial charge in [0.1, 0.15) is 6.54 Å². The van der Waals surface area contributed by atoms with Crippen molar-refractivity contribution in [3.63, 3.8) is 0 Å². The maximum atomic E-state index is 12.0. The number of carbonyl (C=O) groups is 2. The van der Waals surface area contributed by atoms with Gasteiger partial charge in [-0.05, 0) is 34.5 Å². The molecule has 1 aromatic heterocycles. The first-order chi connectivity index (χ1) is 9.10. The number of hydrogen-bond acceptors (Lipinski definition) is 3. The molecule has 5 nitrogen and oxygen atoms in total. The first kappa shape index (κ1) is 14.0. The Kier molecular flexibility index (Phi) is 4.52. The third-order valence-corrected chi connectivity index (χ3v) is 3.46. The summed E-state index contributed by atoms with van der Waals surface area (Å²) in [4.78, 5) is 31.3. The SMILES string of the molecule is CCCN1CC(=O)N(Cc2ccc(Br)cn2)CC1=O. The molecule has 0 spiro atoms. The fourth-order valence-electron chi connectivity index (χ4n) is 2.02. The quantitative estimate of drug-likeness (QED) is 0.841. The maximum Gasteiger partial charge on any atom is 0.243 e. The molecule has 1 aliphatic rings. The largest absolute Gasteiger partial charge is 0.332 e. The van der Waals surface area contributed by atoms with E-state index in [4.69, 9.17) is 0 Å². The topological polar surface area (TPSA) is 53.5 Å². The molecular formula is C13H16BrN3O2. The lowest BCUT2D eigenvalue weighted by molar-refractivity contribution is -0.150. The molecule has 1 aliphatic heterocycles. The Hall–Kier alpha value is -1.43. The predicted molar refractivity (Wildman–Crippen MR) is 74.2 cm³/mol. The van der Waals surface area contributed by atoms with Gasteiger partial charge in [0.15, 0.2) is 0 Å². The molecule has 0 aromatic carbocycles. The van der Waals surface area contributed by atoms with Gasteiger partial charge in [-0.1, -0.05) is 6.92 Å². The summed E-state index contributed by atoms with van der Waals surface area (Å²) in [5.74, 6) is -0.00340. The maximum absolute atomic E-state index is 12.0. The van der Waals surface area contributed by atoms with E-state index in [0.29, 0.717) is 13.1 Å². The minimum absolute atomic E-state index is 0.0126. The van der Waals surface area contributed by atoms with Crippen LogP contribution in [-0.2, 0) is 16.1 Å². The predicted octanol–water partition coefficient (Wildman–Crippen LogP) is 1.42. The minimum atomic E-state index is -0.0160. The van der Waals surface area contributed by atoms with Crippen LogP contribution in [0.25, 0.3) is 0 Å². The zero-order valence-corrected chi connectivity index (χ0v) is 12.4. The molecule has 19 heavy (non-hydrogen) atoms. The van der Waals surface area contributed by atoms with Gasteiger partial charge in [0.05, 0.1) is 18.8 Å². The highest BCUT2D eigenvalue weighted by atomic mass is 79.9. The monoisotopic (exact) mass is 325 g/mol. The van der Waals surface area contributed by atoms with Crippen molar-refractivity contribution in [1.82, 2.24) is 14.8 Å². The van der Waals surface area contributed by atoms with Crippen LogP contribution in [0.4, 0.5) is 0 Å². The summed E-state index contributed by atoms with van der Waals surface area (Å²) >= 11 is 3.31. The molecular weight excluding hydrogens is 310 g/mol. The van der Waals surface area contributed by atoms with Crippen molar-refractivity contribution in [3.05, 3.63) is 28.5 Å². The average Bonchev–Trinajstić information content (AvgIpc) is 2.38. The van der Waals surface area contributed by atoms with Crippen LogP contribution >= 0.6 is 15.9 Å². The molecule has 1 saturated heterocycles. The minimum Gasteiger partial charge on any atom is -0.332 e. The van der Waals surface area contributed by atoms with E-state index in [9.17, 15) is 9.59 Å². The number of rotatable bonds is 4. The van der Waals surface area contributed by atoms with E-state index in [0.717, 1.165) is 16.6 Å². The van der Waals surface area contributed by atoms with E-state index in [1.807, 2.05) is 19.1 Å². The summed E-state index contributed by atoms with van der Waals surface area (Å²) in [6.45, 7) is 3.36. The van der Waals surface area contributed by atoms with Crippen LogP contribution in [0.15, 0.2) is 22.8 Å². The molecule has 2 amide bonds. The van der Waals surface area contributed by atoms with Gasteiger partial charge in [-0.3, -0.25) is 14.6 Å². The van der Waals surface area contributed by atoms with Crippen molar-refractivity contribution in [1.29, 1.82) is 0 Å². The number of hydrogen-bond donors (Lipinski definition) is 0. The highest BCUT2D eigenvalue weighted by molar-refractivity contribution is 9.10. The van der Waals surface area contributed by atoms with Crippen LogP contribution in [0, 0.1) is 0 Å². The van der Waals surface area contributed by atoms with Crippen LogP contribution in [-0.4, -0.2) is 46.2 Å². The molecule has 1 aromatic rings. The van der Waals surface area contributed by atoms with Crippen molar-refractivity contribution < 1.29 is 9.59 Å².